The van der Waals surface area contributed by atoms with Gasteiger partial charge in [-0.3, -0.25) is 14.2 Å². The summed E-state index contributed by atoms with van der Waals surface area (Å²) < 4.78 is 15.1. The van der Waals surface area contributed by atoms with Crippen LogP contribution in [0, 0.1) is 5.82 Å². The van der Waals surface area contributed by atoms with E-state index in [2.05, 4.69) is 4.98 Å². The van der Waals surface area contributed by atoms with Crippen LogP contribution in [0.25, 0.3) is 10.2 Å². The van der Waals surface area contributed by atoms with Gasteiger partial charge in [0.05, 0.1) is 11.1 Å². The Hall–Kier alpha value is -2.19. The van der Waals surface area contributed by atoms with Crippen LogP contribution in [-0.4, -0.2) is 33.2 Å². The maximum atomic E-state index is 13.7. The minimum atomic E-state index is -0.331. The second-order valence-electron chi connectivity index (χ2n) is 5.53. The molecule has 8 heteroatoms. The van der Waals surface area contributed by atoms with E-state index in [1.54, 1.807) is 38.4 Å². The van der Waals surface area contributed by atoms with Gasteiger partial charge in [0.15, 0.2) is 5.16 Å². The molecule has 25 heavy (non-hydrogen) atoms. The molecule has 0 fully saturated rings. The van der Waals surface area contributed by atoms with E-state index in [1.165, 1.54) is 38.6 Å². The lowest BCUT2D eigenvalue weighted by Crippen LogP contribution is -2.28. The normalized spacial score (nSPS) is 11.0. The fraction of sp³-hybridized carbons (Fsp3) is 0.235. The summed E-state index contributed by atoms with van der Waals surface area (Å²) in [6.07, 6.45) is 0. The van der Waals surface area contributed by atoms with Crippen LogP contribution in [0.2, 0.25) is 0 Å². The van der Waals surface area contributed by atoms with Crippen molar-refractivity contribution in [2.75, 3.05) is 12.8 Å². The van der Waals surface area contributed by atoms with Gasteiger partial charge in [-0.2, -0.15) is 0 Å². The molecule has 130 valence electrons. The standard InChI is InChI=1S/C17H16FN3O2S2/c1-20(9-11-5-3-4-6-13(11)18)14(22)10-25-17-19-15-12(7-8-24-15)16(23)21(17)2/h3-8H,9-10H2,1-2H3. The first-order chi connectivity index (χ1) is 12.0. The lowest BCUT2D eigenvalue weighted by Gasteiger charge is -2.17. The maximum Gasteiger partial charge on any atom is 0.262 e. The molecule has 2 aromatic heterocycles. The molecule has 0 unspecified atom stereocenters. The summed E-state index contributed by atoms with van der Waals surface area (Å²) in [5, 5.41) is 2.90. The molecule has 0 saturated heterocycles. The Morgan fingerprint density at radius 3 is 2.88 bits per heavy atom. The van der Waals surface area contributed by atoms with Crippen molar-refractivity contribution in [2.45, 2.75) is 11.7 Å². The predicted octanol–water partition coefficient (Wildman–Crippen LogP) is 2.88. The zero-order chi connectivity index (χ0) is 18.0. The van der Waals surface area contributed by atoms with Crippen molar-refractivity contribution in [1.82, 2.24) is 14.5 Å². The Morgan fingerprint density at radius 1 is 1.36 bits per heavy atom. The number of hydrogen-bond donors (Lipinski definition) is 0. The molecule has 0 aliphatic heterocycles. The van der Waals surface area contributed by atoms with Gasteiger partial charge in [-0.05, 0) is 17.5 Å². The number of fused-ring (bicyclic) bond motifs is 1. The van der Waals surface area contributed by atoms with Crippen LogP contribution in [0.4, 0.5) is 4.39 Å². The van der Waals surface area contributed by atoms with Gasteiger partial charge >= 0.3 is 0 Å². The fourth-order valence-corrected chi connectivity index (χ4v) is 4.03. The number of hydrogen-bond acceptors (Lipinski definition) is 5. The molecule has 0 atom stereocenters. The molecule has 0 spiro atoms. The van der Waals surface area contributed by atoms with Crippen LogP contribution in [0.5, 0.6) is 0 Å². The molecule has 0 N–H and O–H groups in total. The molecule has 0 aliphatic rings. The highest BCUT2D eigenvalue weighted by atomic mass is 32.2. The number of halogens is 1. The Labute approximate surface area is 152 Å². The van der Waals surface area contributed by atoms with Gasteiger partial charge in [0, 0.05) is 26.2 Å². The molecule has 0 radical (unpaired) electrons. The third kappa shape index (κ3) is 3.74. The topological polar surface area (TPSA) is 55.2 Å². The molecule has 3 aromatic rings. The second kappa shape index (κ2) is 7.37. The summed E-state index contributed by atoms with van der Waals surface area (Å²) in [6.45, 7) is 0.197. The molecule has 0 bridgehead atoms. The van der Waals surface area contributed by atoms with Crippen molar-refractivity contribution in [3.8, 4) is 0 Å². The van der Waals surface area contributed by atoms with Crippen molar-refractivity contribution in [2.24, 2.45) is 7.05 Å². The zero-order valence-corrected chi connectivity index (χ0v) is 15.4. The Morgan fingerprint density at radius 2 is 2.12 bits per heavy atom. The van der Waals surface area contributed by atoms with E-state index in [9.17, 15) is 14.0 Å². The molecular weight excluding hydrogens is 361 g/mol. The lowest BCUT2D eigenvalue weighted by atomic mass is 10.2. The fourth-order valence-electron chi connectivity index (χ4n) is 2.32. The molecule has 5 nitrogen and oxygen atoms in total. The van der Waals surface area contributed by atoms with Crippen LogP contribution in [0.3, 0.4) is 0 Å². The number of thioether (sulfide) groups is 1. The predicted molar refractivity (Wildman–Crippen MR) is 98.5 cm³/mol. The van der Waals surface area contributed by atoms with Gasteiger partial charge in [0.25, 0.3) is 5.56 Å². The van der Waals surface area contributed by atoms with Gasteiger partial charge in [-0.1, -0.05) is 30.0 Å². The third-order valence-corrected chi connectivity index (χ3v) is 5.60. The summed E-state index contributed by atoms with van der Waals surface area (Å²) in [5.41, 5.74) is 0.342. The molecular formula is C17H16FN3O2S2. The van der Waals surface area contributed by atoms with E-state index < -0.39 is 0 Å². The lowest BCUT2D eigenvalue weighted by molar-refractivity contribution is -0.127. The zero-order valence-electron chi connectivity index (χ0n) is 13.7. The Balaban J connectivity index is 1.69. The van der Waals surface area contributed by atoms with E-state index >= 15 is 0 Å². The van der Waals surface area contributed by atoms with Crippen molar-refractivity contribution < 1.29 is 9.18 Å². The summed E-state index contributed by atoms with van der Waals surface area (Å²) in [7, 11) is 3.27. The minimum absolute atomic E-state index is 0.124. The monoisotopic (exact) mass is 377 g/mol. The first kappa shape index (κ1) is 17.6. The van der Waals surface area contributed by atoms with Gasteiger partial charge in [0.1, 0.15) is 10.6 Å². The van der Waals surface area contributed by atoms with Crippen molar-refractivity contribution in [3.63, 3.8) is 0 Å². The van der Waals surface area contributed by atoms with Crippen LogP contribution in [0.15, 0.2) is 45.7 Å². The van der Waals surface area contributed by atoms with Gasteiger partial charge < -0.3 is 4.90 Å². The first-order valence-corrected chi connectivity index (χ1v) is 9.38. The van der Waals surface area contributed by atoms with Crippen molar-refractivity contribution >= 4 is 39.2 Å². The molecule has 0 aliphatic carbocycles. The third-order valence-electron chi connectivity index (χ3n) is 3.78. The quantitative estimate of drug-likeness (QED) is 0.507. The summed E-state index contributed by atoms with van der Waals surface area (Å²) in [5.74, 6) is -0.363. The maximum absolute atomic E-state index is 13.7. The Bertz CT molecular complexity index is 983. The highest BCUT2D eigenvalue weighted by Gasteiger charge is 2.15. The van der Waals surface area contributed by atoms with Crippen LogP contribution < -0.4 is 5.56 Å². The number of carbonyl (C=O) groups is 1. The number of benzene rings is 1. The van der Waals surface area contributed by atoms with Crippen molar-refractivity contribution in [1.29, 1.82) is 0 Å². The van der Waals surface area contributed by atoms with Crippen LogP contribution in [0.1, 0.15) is 5.56 Å². The molecule has 0 saturated carbocycles. The number of rotatable bonds is 5. The van der Waals surface area contributed by atoms with Crippen molar-refractivity contribution in [3.05, 3.63) is 57.4 Å². The van der Waals surface area contributed by atoms with Gasteiger partial charge in [-0.25, -0.2) is 9.37 Å². The molecule has 1 amide bonds. The SMILES string of the molecule is CN(Cc1ccccc1F)C(=O)CSc1nc2sccc2c(=O)n1C. The number of carbonyl (C=O) groups excluding carboxylic acids is 1. The number of thiophene rings is 1. The number of aromatic nitrogens is 2. The summed E-state index contributed by atoms with van der Waals surface area (Å²) >= 11 is 2.60. The number of nitrogens with zero attached hydrogens (tertiary/aromatic N) is 3. The van der Waals surface area contributed by atoms with E-state index in [0.29, 0.717) is 20.9 Å². The highest BCUT2D eigenvalue weighted by molar-refractivity contribution is 7.99. The molecule has 3 rings (SSSR count). The van der Waals surface area contributed by atoms with Crippen LogP contribution >= 0.6 is 23.1 Å². The summed E-state index contributed by atoms with van der Waals surface area (Å²) in [4.78, 5) is 31.1. The highest BCUT2D eigenvalue weighted by Crippen LogP contribution is 2.21. The van der Waals surface area contributed by atoms with E-state index in [0.717, 1.165) is 0 Å². The van der Waals surface area contributed by atoms with E-state index in [4.69, 9.17) is 0 Å². The van der Waals surface area contributed by atoms with Gasteiger partial charge in [-0.15, -0.1) is 11.3 Å². The smallest absolute Gasteiger partial charge is 0.262 e. The molecule has 1 aromatic carbocycles. The number of amides is 1. The average molecular weight is 377 g/mol. The first-order valence-electron chi connectivity index (χ1n) is 7.52. The minimum Gasteiger partial charge on any atom is -0.341 e. The summed E-state index contributed by atoms with van der Waals surface area (Å²) in [6, 6.07) is 8.13. The largest absolute Gasteiger partial charge is 0.341 e. The second-order valence-corrected chi connectivity index (χ2v) is 7.36. The van der Waals surface area contributed by atoms with Gasteiger partial charge in [0.2, 0.25) is 5.91 Å². The van der Waals surface area contributed by atoms with E-state index in [-0.39, 0.29) is 29.6 Å². The Kier molecular flexibility index (Phi) is 5.19. The average Bonchev–Trinajstić information content (AvgIpc) is 3.07. The van der Waals surface area contributed by atoms with E-state index in [1.807, 2.05) is 5.38 Å². The molecule has 2 heterocycles. The van der Waals surface area contributed by atoms with Crippen LogP contribution in [-0.2, 0) is 18.4 Å².